The predicted octanol–water partition coefficient (Wildman–Crippen LogP) is 2.81. The van der Waals surface area contributed by atoms with Crippen molar-refractivity contribution >= 4 is 17.4 Å². The normalized spacial score (nSPS) is 21.6. The lowest BCUT2D eigenvalue weighted by Gasteiger charge is -2.22. The summed E-state index contributed by atoms with van der Waals surface area (Å²) in [6.45, 7) is 3.39. The minimum atomic E-state index is 0.544. The van der Waals surface area contributed by atoms with Crippen LogP contribution in [0.5, 0.6) is 0 Å². The second-order valence-electron chi connectivity index (χ2n) is 3.84. The fraction of sp³-hybridized carbons (Fsp3) is 0.545. The highest BCUT2D eigenvalue weighted by Gasteiger charge is 2.20. The minimum absolute atomic E-state index is 0.544. The molecule has 2 rings (SSSR count). The maximum absolute atomic E-state index is 5.71. The smallest absolute Gasteiger partial charge is 0.128 e. The van der Waals surface area contributed by atoms with E-state index in [4.69, 9.17) is 11.6 Å². The van der Waals surface area contributed by atoms with Crippen molar-refractivity contribution in [3.63, 3.8) is 0 Å². The second kappa shape index (κ2) is 4.18. The van der Waals surface area contributed by atoms with Gasteiger partial charge in [-0.15, -0.1) is 11.6 Å². The molecule has 1 unspecified atom stereocenters. The van der Waals surface area contributed by atoms with Gasteiger partial charge in [-0.1, -0.05) is 6.07 Å². The first-order valence-electron chi connectivity index (χ1n) is 5.09. The molecule has 2 nitrogen and oxygen atoms in total. The average Bonchev–Trinajstić information content (AvgIpc) is 2.65. The summed E-state index contributed by atoms with van der Waals surface area (Å²) in [6, 6.07) is 4.75. The number of alkyl halides is 1. The number of pyridine rings is 1. The highest BCUT2D eigenvalue weighted by molar-refractivity contribution is 6.17. The third-order valence-corrected chi connectivity index (χ3v) is 3.12. The van der Waals surface area contributed by atoms with Gasteiger partial charge in [-0.2, -0.15) is 0 Å². The Labute approximate surface area is 89.9 Å². The van der Waals surface area contributed by atoms with Gasteiger partial charge in [0.05, 0.1) is 0 Å². The first-order chi connectivity index (χ1) is 6.81. The second-order valence-corrected chi connectivity index (χ2v) is 4.11. The molecule has 3 heteroatoms. The molecule has 14 heavy (non-hydrogen) atoms. The van der Waals surface area contributed by atoms with Crippen LogP contribution < -0.4 is 4.90 Å². The van der Waals surface area contributed by atoms with Gasteiger partial charge >= 0.3 is 0 Å². The summed E-state index contributed by atoms with van der Waals surface area (Å²) in [5, 5.41) is 0. The minimum Gasteiger partial charge on any atom is -0.354 e. The Bertz CT molecular complexity index is 297. The molecule has 1 aliphatic rings. The van der Waals surface area contributed by atoms with Crippen LogP contribution in [-0.4, -0.2) is 17.6 Å². The first kappa shape index (κ1) is 9.78. The van der Waals surface area contributed by atoms with Crippen molar-refractivity contribution in [1.82, 2.24) is 4.98 Å². The van der Waals surface area contributed by atoms with Crippen LogP contribution >= 0.6 is 11.6 Å². The standard InChI is InChI=1S/C11H15ClN2/c1-9-3-2-6-14(9)11-5-4-10(7-12)8-13-11/h4-5,8-9H,2-3,6-7H2,1H3. The van der Waals surface area contributed by atoms with Crippen LogP contribution in [0, 0.1) is 0 Å². The summed E-state index contributed by atoms with van der Waals surface area (Å²) in [4.78, 5) is 6.78. The average molecular weight is 211 g/mol. The van der Waals surface area contributed by atoms with Crippen LogP contribution in [0.3, 0.4) is 0 Å². The summed E-state index contributed by atoms with van der Waals surface area (Å²) < 4.78 is 0. The van der Waals surface area contributed by atoms with Crippen LogP contribution in [0.15, 0.2) is 18.3 Å². The maximum Gasteiger partial charge on any atom is 0.128 e. The van der Waals surface area contributed by atoms with E-state index in [2.05, 4.69) is 28.9 Å². The van der Waals surface area contributed by atoms with Gasteiger partial charge in [0.25, 0.3) is 0 Å². The van der Waals surface area contributed by atoms with E-state index >= 15 is 0 Å². The molecule has 0 aliphatic carbocycles. The van der Waals surface area contributed by atoms with Crippen molar-refractivity contribution in [2.45, 2.75) is 31.7 Å². The quantitative estimate of drug-likeness (QED) is 0.698. The van der Waals surface area contributed by atoms with Crippen LogP contribution in [-0.2, 0) is 5.88 Å². The molecule has 0 bridgehead atoms. The van der Waals surface area contributed by atoms with E-state index < -0.39 is 0 Å². The van der Waals surface area contributed by atoms with Crippen LogP contribution in [0.25, 0.3) is 0 Å². The van der Waals surface area contributed by atoms with Gasteiger partial charge < -0.3 is 4.90 Å². The van der Waals surface area contributed by atoms with Crippen molar-refractivity contribution in [2.24, 2.45) is 0 Å². The molecule has 76 valence electrons. The van der Waals surface area contributed by atoms with E-state index in [1.54, 1.807) is 0 Å². The Morgan fingerprint density at radius 1 is 1.57 bits per heavy atom. The summed E-state index contributed by atoms with van der Waals surface area (Å²) in [5.41, 5.74) is 1.09. The molecule has 0 spiro atoms. The molecule has 1 aliphatic heterocycles. The van der Waals surface area contributed by atoms with Crippen LogP contribution in [0.1, 0.15) is 25.3 Å². The topological polar surface area (TPSA) is 16.1 Å². The molecule has 1 atom stereocenters. The SMILES string of the molecule is CC1CCCN1c1ccc(CCl)cn1. The van der Waals surface area contributed by atoms with E-state index in [1.165, 1.54) is 12.8 Å². The summed E-state index contributed by atoms with van der Waals surface area (Å²) in [5.74, 6) is 1.63. The lowest BCUT2D eigenvalue weighted by molar-refractivity contribution is 0.727. The lowest BCUT2D eigenvalue weighted by atomic mass is 10.2. The van der Waals surface area contributed by atoms with Crippen LogP contribution in [0.2, 0.25) is 0 Å². The van der Waals surface area contributed by atoms with E-state index in [0.29, 0.717) is 11.9 Å². The van der Waals surface area contributed by atoms with Gasteiger partial charge in [-0.05, 0) is 31.4 Å². The molecule has 1 fully saturated rings. The van der Waals surface area contributed by atoms with Crippen molar-refractivity contribution in [1.29, 1.82) is 0 Å². The Balaban J connectivity index is 2.16. The third-order valence-electron chi connectivity index (χ3n) is 2.81. The molecule has 1 aromatic heterocycles. The monoisotopic (exact) mass is 210 g/mol. The Kier molecular flexibility index (Phi) is 2.92. The van der Waals surface area contributed by atoms with E-state index in [1.807, 2.05) is 6.20 Å². The molecule has 0 N–H and O–H groups in total. The molecule has 0 amide bonds. The Morgan fingerprint density at radius 2 is 2.43 bits per heavy atom. The molecule has 1 saturated heterocycles. The summed E-state index contributed by atoms with van der Waals surface area (Å²) in [7, 11) is 0. The molecular weight excluding hydrogens is 196 g/mol. The fourth-order valence-corrected chi connectivity index (χ4v) is 2.10. The number of aromatic nitrogens is 1. The zero-order chi connectivity index (χ0) is 9.97. The maximum atomic E-state index is 5.71. The molecule has 1 aromatic rings. The number of halogens is 1. The highest BCUT2D eigenvalue weighted by atomic mass is 35.5. The number of hydrogen-bond acceptors (Lipinski definition) is 2. The van der Waals surface area contributed by atoms with Crippen molar-refractivity contribution in [2.75, 3.05) is 11.4 Å². The van der Waals surface area contributed by atoms with Gasteiger partial charge in [0, 0.05) is 24.7 Å². The molecule has 0 aromatic carbocycles. The first-order valence-corrected chi connectivity index (χ1v) is 5.62. The van der Waals surface area contributed by atoms with Crippen LogP contribution in [0.4, 0.5) is 5.82 Å². The number of rotatable bonds is 2. The van der Waals surface area contributed by atoms with Gasteiger partial charge in [0.2, 0.25) is 0 Å². The summed E-state index contributed by atoms with van der Waals surface area (Å²) in [6.07, 6.45) is 4.42. The molecule has 0 saturated carbocycles. The molecular formula is C11H15ClN2. The number of anilines is 1. The van der Waals surface area contributed by atoms with E-state index in [9.17, 15) is 0 Å². The summed E-state index contributed by atoms with van der Waals surface area (Å²) >= 11 is 5.71. The van der Waals surface area contributed by atoms with Gasteiger partial charge in [0.15, 0.2) is 0 Å². The third kappa shape index (κ3) is 1.85. The van der Waals surface area contributed by atoms with E-state index in [-0.39, 0.29) is 0 Å². The van der Waals surface area contributed by atoms with Crippen molar-refractivity contribution < 1.29 is 0 Å². The van der Waals surface area contributed by atoms with Crippen molar-refractivity contribution in [3.05, 3.63) is 23.9 Å². The zero-order valence-corrected chi connectivity index (χ0v) is 9.17. The predicted molar refractivity (Wildman–Crippen MR) is 59.8 cm³/mol. The zero-order valence-electron chi connectivity index (χ0n) is 8.41. The van der Waals surface area contributed by atoms with Gasteiger partial charge in [-0.25, -0.2) is 4.98 Å². The van der Waals surface area contributed by atoms with Gasteiger partial charge in [-0.3, -0.25) is 0 Å². The van der Waals surface area contributed by atoms with Crippen molar-refractivity contribution in [3.8, 4) is 0 Å². The highest BCUT2D eigenvalue weighted by Crippen LogP contribution is 2.23. The van der Waals surface area contributed by atoms with Gasteiger partial charge in [0.1, 0.15) is 5.82 Å². The Morgan fingerprint density at radius 3 is 2.93 bits per heavy atom. The van der Waals surface area contributed by atoms with E-state index in [0.717, 1.165) is 17.9 Å². The molecule has 0 radical (unpaired) electrons. The largest absolute Gasteiger partial charge is 0.354 e. The number of nitrogens with zero attached hydrogens (tertiary/aromatic N) is 2. The lowest BCUT2D eigenvalue weighted by Crippen LogP contribution is -2.26. The molecule has 2 heterocycles. The number of hydrogen-bond donors (Lipinski definition) is 0. The fourth-order valence-electron chi connectivity index (χ4n) is 1.94. The Hall–Kier alpha value is -0.760.